The van der Waals surface area contributed by atoms with Crippen LogP contribution in [0.3, 0.4) is 0 Å². The zero-order valence-electron chi connectivity index (χ0n) is 10.6. The number of benzene rings is 1. The molecule has 2 heterocycles. The molecule has 3 aromatic rings. The molecule has 0 unspecified atom stereocenters. The monoisotopic (exact) mass is 254 g/mol. The molecule has 0 atom stereocenters. The maximum atomic E-state index is 11.5. The fourth-order valence-corrected chi connectivity index (χ4v) is 2.07. The zero-order valence-corrected chi connectivity index (χ0v) is 10.6. The van der Waals surface area contributed by atoms with E-state index >= 15 is 0 Å². The minimum atomic E-state index is -0.162. The van der Waals surface area contributed by atoms with Gasteiger partial charge in [0.05, 0.1) is 6.20 Å². The second-order valence-electron chi connectivity index (χ2n) is 4.50. The van der Waals surface area contributed by atoms with Gasteiger partial charge < -0.3 is 4.98 Å². The van der Waals surface area contributed by atoms with Crippen LogP contribution in [0.2, 0.25) is 0 Å². The molecular weight excluding hydrogens is 240 g/mol. The van der Waals surface area contributed by atoms with E-state index in [2.05, 4.69) is 27.1 Å². The number of rotatable bonds is 3. The largest absolute Gasteiger partial charge is 0.327 e. The Kier molecular flexibility index (Phi) is 2.87. The summed E-state index contributed by atoms with van der Waals surface area (Å²) in [6.45, 7) is 0. The molecule has 1 N–H and O–H groups in total. The fraction of sp³-hybridized carbons (Fsp3) is 0.214. The van der Waals surface area contributed by atoms with Gasteiger partial charge in [-0.05, 0) is 12.0 Å². The van der Waals surface area contributed by atoms with Crippen LogP contribution < -0.4 is 5.69 Å². The number of hydrogen-bond acceptors (Lipinski definition) is 3. The third-order valence-electron chi connectivity index (χ3n) is 3.16. The third-order valence-corrected chi connectivity index (χ3v) is 3.16. The summed E-state index contributed by atoms with van der Waals surface area (Å²) in [5, 5.41) is 0. The highest BCUT2D eigenvalue weighted by atomic mass is 16.1. The molecule has 0 spiro atoms. The van der Waals surface area contributed by atoms with Gasteiger partial charge >= 0.3 is 5.69 Å². The van der Waals surface area contributed by atoms with E-state index in [1.165, 1.54) is 10.1 Å². The Balaban J connectivity index is 1.85. The first-order valence-corrected chi connectivity index (χ1v) is 6.18. The normalized spacial score (nSPS) is 11.0. The number of imidazole rings is 1. The van der Waals surface area contributed by atoms with E-state index in [1.54, 1.807) is 13.2 Å². The molecule has 5 nitrogen and oxygen atoms in total. The van der Waals surface area contributed by atoms with Crippen molar-refractivity contribution in [1.29, 1.82) is 0 Å². The molecule has 19 heavy (non-hydrogen) atoms. The second-order valence-corrected chi connectivity index (χ2v) is 4.50. The van der Waals surface area contributed by atoms with E-state index in [0.29, 0.717) is 11.2 Å². The van der Waals surface area contributed by atoms with Crippen LogP contribution in [0.15, 0.2) is 41.3 Å². The van der Waals surface area contributed by atoms with Crippen LogP contribution in [0, 0.1) is 0 Å². The number of aryl methyl sites for hydroxylation is 3. The van der Waals surface area contributed by atoms with Crippen LogP contribution in [0.4, 0.5) is 0 Å². The molecular formula is C14H14N4O. The highest BCUT2D eigenvalue weighted by Crippen LogP contribution is 2.07. The van der Waals surface area contributed by atoms with Gasteiger partial charge in [0.2, 0.25) is 0 Å². The lowest BCUT2D eigenvalue weighted by Gasteiger charge is -2.01. The molecule has 5 heteroatoms. The van der Waals surface area contributed by atoms with Crippen molar-refractivity contribution in [3.8, 4) is 0 Å². The summed E-state index contributed by atoms with van der Waals surface area (Å²) in [7, 11) is 1.70. The van der Waals surface area contributed by atoms with Gasteiger partial charge in [0, 0.05) is 13.5 Å². The topological polar surface area (TPSA) is 63.6 Å². The van der Waals surface area contributed by atoms with Crippen LogP contribution in [0.25, 0.3) is 11.2 Å². The highest BCUT2D eigenvalue weighted by Gasteiger charge is 2.06. The van der Waals surface area contributed by atoms with Crippen molar-refractivity contribution in [2.75, 3.05) is 0 Å². The van der Waals surface area contributed by atoms with Crippen LogP contribution in [-0.4, -0.2) is 19.5 Å². The number of aromatic amines is 1. The van der Waals surface area contributed by atoms with Gasteiger partial charge in [0.1, 0.15) is 11.3 Å². The molecule has 0 aliphatic rings. The average Bonchev–Trinajstić information content (AvgIpc) is 2.73. The summed E-state index contributed by atoms with van der Waals surface area (Å²) in [5.41, 5.74) is 2.43. The van der Waals surface area contributed by atoms with E-state index in [1.807, 2.05) is 18.2 Å². The van der Waals surface area contributed by atoms with E-state index in [4.69, 9.17) is 0 Å². The van der Waals surface area contributed by atoms with E-state index < -0.39 is 0 Å². The van der Waals surface area contributed by atoms with Crippen LogP contribution in [0.1, 0.15) is 11.4 Å². The summed E-state index contributed by atoms with van der Waals surface area (Å²) in [6, 6.07) is 10.2. The first-order valence-electron chi connectivity index (χ1n) is 6.18. The maximum Gasteiger partial charge on any atom is 0.327 e. The van der Waals surface area contributed by atoms with Crippen molar-refractivity contribution in [1.82, 2.24) is 19.5 Å². The summed E-state index contributed by atoms with van der Waals surface area (Å²) < 4.78 is 1.50. The molecule has 0 saturated carbocycles. The minimum absolute atomic E-state index is 0.162. The predicted octanol–water partition coefficient (Wildman–Crippen LogP) is 1.44. The molecule has 0 amide bonds. The quantitative estimate of drug-likeness (QED) is 0.769. The maximum absolute atomic E-state index is 11.5. The molecule has 2 aromatic heterocycles. The number of hydrogen-bond donors (Lipinski definition) is 1. The van der Waals surface area contributed by atoms with Crippen LogP contribution >= 0.6 is 0 Å². The second kappa shape index (κ2) is 4.68. The summed E-state index contributed by atoms with van der Waals surface area (Å²) >= 11 is 0. The lowest BCUT2D eigenvalue weighted by Crippen LogP contribution is -2.12. The SMILES string of the molecule is Cn1c(=O)[nH]c2cnc(CCc3ccccc3)nc21. The number of nitrogens with zero attached hydrogens (tertiary/aromatic N) is 3. The first kappa shape index (κ1) is 11.6. The van der Waals surface area contributed by atoms with Crippen molar-refractivity contribution >= 4 is 11.2 Å². The highest BCUT2D eigenvalue weighted by molar-refractivity contribution is 5.69. The Morgan fingerprint density at radius 1 is 1.21 bits per heavy atom. The standard InChI is InChI=1S/C14H14N4O/c1-18-13-11(16-14(18)19)9-15-12(17-13)8-7-10-5-3-2-4-6-10/h2-6,9H,7-8H2,1H3,(H,16,19). The van der Waals surface area contributed by atoms with Gasteiger partial charge in [-0.25, -0.2) is 14.8 Å². The number of H-pyrrole nitrogens is 1. The van der Waals surface area contributed by atoms with E-state index in [9.17, 15) is 4.79 Å². The smallest absolute Gasteiger partial charge is 0.303 e. The van der Waals surface area contributed by atoms with Crippen LogP contribution in [-0.2, 0) is 19.9 Å². The Hall–Kier alpha value is -2.43. The van der Waals surface area contributed by atoms with Crippen molar-refractivity contribution in [2.45, 2.75) is 12.8 Å². The molecule has 96 valence electrons. The Morgan fingerprint density at radius 2 is 2.00 bits per heavy atom. The molecule has 1 aromatic carbocycles. The third kappa shape index (κ3) is 2.27. The lowest BCUT2D eigenvalue weighted by molar-refractivity contribution is 0.839. The number of aromatic nitrogens is 4. The minimum Gasteiger partial charge on any atom is -0.303 e. The summed E-state index contributed by atoms with van der Waals surface area (Å²) in [4.78, 5) is 22.9. The van der Waals surface area contributed by atoms with Gasteiger partial charge in [0.25, 0.3) is 0 Å². The van der Waals surface area contributed by atoms with Crippen molar-refractivity contribution < 1.29 is 0 Å². The molecule has 0 bridgehead atoms. The molecule has 0 aliphatic carbocycles. The van der Waals surface area contributed by atoms with Gasteiger partial charge in [-0.15, -0.1) is 0 Å². The Labute approximate surface area is 110 Å². The molecule has 0 saturated heterocycles. The van der Waals surface area contributed by atoms with Gasteiger partial charge in [-0.2, -0.15) is 0 Å². The summed E-state index contributed by atoms with van der Waals surface area (Å²) in [6.07, 6.45) is 3.33. The van der Waals surface area contributed by atoms with Gasteiger partial charge in [0.15, 0.2) is 5.65 Å². The molecule has 0 aliphatic heterocycles. The molecule has 0 fully saturated rings. The number of fused-ring (bicyclic) bond motifs is 1. The van der Waals surface area contributed by atoms with Gasteiger partial charge in [-0.3, -0.25) is 4.57 Å². The van der Waals surface area contributed by atoms with Gasteiger partial charge in [-0.1, -0.05) is 30.3 Å². The predicted molar refractivity (Wildman–Crippen MR) is 73.0 cm³/mol. The molecule has 3 rings (SSSR count). The van der Waals surface area contributed by atoms with Crippen molar-refractivity contribution in [2.24, 2.45) is 7.05 Å². The van der Waals surface area contributed by atoms with E-state index in [-0.39, 0.29) is 5.69 Å². The summed E-state index contributed by atoms with van der Waals surface area (Å²) in [5.74, 6) is 0.756. The molecule has 0 radical (unpaired) electrons. The average molecular weight is 254 g/mol. The van der Waals surface area contributed by atoms with E-state index in [0.717, 1.165) is 18.7 Å². The van der Waals surface area contributed by atoms with Crippen molar-refractivity contribution in [3.05, 3.63) is 58.4 Å². The lowest BCUT2D eigenvalue weighted by atomic mass is 10.1. The van der Waals surface area contributed by atoms with Crippen molar-refractivity contribution in [3.63, 3.8) is 0 Å². The zero-order chi connectivity index (χ0) is 13.2. The first-order chi connectivity index (χ1) is 9.24. The van der Waals surface area contributed by atoms with Crippen LogP contribution in [0.5, 0.6) is 0 Å². The Morgan fingerprint density at radius 3 is 2.79 bits per heavy atom. The fourth-order valence-electron chi connectivity index (χ4n) is 2.07. The number of nitrogens with one attached hydrogen (secondary N) is 1. The Bertz CT molecular complexity index is 758.